The Balaban J connectivity index is 1.56. The third-order valence-electron chi connectivity index (χ3n) is 5.87. The van der Waals surface area contributed by atoms with Gasteiger partial charge in [0.25, 0.3) is 11.9 Å². The standard InChI is InChI=1S/C31H29N5O4S4/c1-37-22-13-5-9-17-26(22)41-35(42-27-18-10-6-14-23(27)38-2)30-32-21-33-31(34-30)36(43-28-19-11-7-15-24(28)39-3)44-29-20-12-8-16-25(29)40-4/h5-21H,1-4H3. The number of anilines is 2. The maximum Gasteiger partial charge on any atom is 0.251 e. The predicted octanol–water partition coefficient (Wildman–Crippen LogP) is 8.35. The van der Waals surface area contributed by atoms with Crippen molar-refractivity contribution in [1.29, 1.82) is 0 Å². The van der Waals surface area contributed by atoms with Crippen molar-refractivity contribution in [2.24, 2.45) is 0 Å². The van der Waals surface area contributed by atoms with Crippen molar-refractivity contribution in [3.63, 3.8) is 0 Å². The molecule has 0 spiro atoms. The van der Waals surface area contributed by atoms with E-state index in [0.717, 1.165) is 42.6 Å². The van der Waals surface area contributed by atoms with Crippen LogP contribution in [-0.4, -0.2) is 43.4 Å². The second kappa shape index (κ2) is 15.7. The van der Waals surface area contributed by atoms with Gasteiger partial charge in [-0.2, -0.15) is 15.0 Å². The Morgan fingerprint density at radius 2 is 0.705 bits per heavy atom. The van der Waals surface area contributed by atoms with Crippen LogP contribution in [0.15, 0.2) is 123 Å². The third kappa shape index (κ3) is 7.78. The van der Waals surface area contributed by atoms with Gasteiger partial charge in [-0.25, -0.2) is 7.42 Å². The first-order valence-corrected chi connectivity index (χ1v) is 16.3. The van der Waals surface area contributed by atoms with Crippen molar-refractivity contribution in [3.05, 3.63) is 103 Å². The van der Waals surface area contributed by atoms with Gasteiger partial charge in [0, 0.05) is 47.8 Å². The predicted molar refractivity (Wildman–Crippen MR) is 180 cm³/mol. The SMILES string of the molecule is COc1ccccc1SN(Sc1ccccc1OC)c1ncnc(N(Sc2ccccc2OC)Sc2ccccc2OC)n1. The highest BCUT2D eigenvalue weighted by Gasteiger charge is 2.23. The van der Waals surface area contributed by atoms with Crippen molar-refractivity contribution >= 4 is 59.7 Å². The summed E-state index contributed by atoms with van der Waals surface area (Å²) in [5.41, 5.74) is 0. The minimum atomic E-state index is 0.424. The normalized spacial score (nSPS) is 10.6. The molecule has 0 aliphatic carbocycles. The van der Waals surface area contributed by atoms with Crippen molar-refractivity contribution in [2.75, 3.05) is 35.9 Å². The van der Waals surface area contributed by atoms with Crippen molar-refractivity contribution in [3.8, 4) is 23.0 Å². The lowest BCUT2D eigenvalue weighted by atomic mass is 10.3. The summed E-state index contributed by atoms with van der Waals surface area (Å²) < 4.78 is 26.4. The second-order valence-electron chi connectivity index (χ2n) is 8.57. The lowest BCUT2D eigenvalue weighted by Crippen LogP contribution is -2.14. The average Bonchev–Trinajstić information content (AvgIpc) is 3.08. The van der Waals surface area contributed by atoms with Crippen molar-refractivity contribution in [2.45, 2.75) is 19.6 Å². The van der Waals surface area contributed by atoms with Gasteiger partial charge in [-0.1, -0.05) is 48.5 Å². The molecule has 226 valence electrons. The van der Waals surface area contributed by atoms with Crippen LogP contribution in [0.25, 0.3) is 0 Å². The number of ether oxygens (including phenoxy) is 4. The van der Waals surface area contributed by atoms with Crippen LogP contribution in [0, 0.1) is 0 Å². The molecule has 9 nitrogen and oxygen atoms in total. The zero-order chi connectivity index (χ0) is 30.7. The van der Waals surface area contributed by atoms with E-state index in [2.05, 4.69) is 9.97 Å². The molecule has 5 aromatic rings. The summed E-state index contributed by atoms with van der Waals surface area (Å²) in [4.78, 5) is 17.7. The lowest BCUT2D eigenvalue weighted by Gasteiger charge is -2.24. The highest BCUT2D eigenvalue weighted by molar-refractivity contribution is 8.18. The maximum atomic E-state index is 5.64. The van der Waals surface area contributed by atoms with Crippen LogP contribution in [0.4, 0.5) is 11.9 Å². The van der Waals surface area contributed by atoms with E-state index < -0.39 is 0 Å². The summed E-state index contributed by atoms with van der Waals surface area (Å²) in [5, 5.41) is 0. The van der Waals surface area contributed by atoms with Gasteiger partial charge < -0.3 is 18.9 Å². The first kappa shape index (κ1) is 31.5. The number of aromatic nitrogens is 3. The van der Waals surface area contributed by atoms with E-state index in [1.807, 2.05) is 104 Å². The maximum absolute atomic E-state index is 5.64. The third-order valence-corrected chi connectivity index (χ3v) is 10.2. The Labute approximate surface area is 274 Å². The number of benzene rings is 4. The van der Waals surface area contributed by atoms with Crippen LogP contribution in [0.2, 0.25) is 0 Å². The molecule has 0 atom stereocenters. The first-order chi connectivity index (χ1) is 21.6. The molecule has 1 aromatic heterocycles. The summed E-state index contributed by atoms with van der Waals surface area (Å²) in [5.74, 6) is 3.78. The highest BCUT2D eigenvalue weighted by Crippen LogP contribution is 2.45. The quantitative estimate of drug-likeness (QED) is 0.107. The minimum Gasteiger partial charge on any atom is -0.496 e. The van der Waals surface area contributed by atoms with E-state index >= 15 is 0 Å². The summed E-state index contributed by atoms with van der Waals surface area (Å²) in [6.45, 7) is 0. The van der Waals surface area contributed by atoms with E-state index in [0.29, 0.717) is 11.9 Å². The van der Waals surface area contributed by atoms with E-state index in [1.54, 1.807) is 28.4 Å². The van der Waals surface area contributed by atoms with Crippen LogP contribution >= 0.6 is 47.8 Å². The number of nitrogens with zero attached hydrogens (tertiary/aromatic N) is 5. The van der Waals surface area contributed by atoms with Gasteiger partial charge in [-0.05, 0) is 48.5 Å². The van der Waals surface area contributed by atoms with Crippen LogP contribution in [0.3, 0.4) is 0 Å². The molecule has 0 radical (unpaired) electrons. The molecule has 0 fully saturated rings. The van der Waals surface area contributed by atoms with Gasteiger partial charge in [0.15, 0.2) is 0 Å². The van der Waals surface area contributed by atoms with Gasteiger partial charge >= 0.3 is 0 Å². The number of hydrogen-bond acceptors (Lipinski definition) is 13. The van der Waals surface area contributed by atoms with Gasteiger partial charge in [0.2, 0.25) is 0 Å². The van der Waals surface area contributed by atoms with Gasteiger partial charge in [0.05, 0.1) is 48.0 Å². The second-order valence-corrected chi connectivity index (χ2v) is 13.0. The Morgan fingerprint density at radius 3 is 0.977 bits per heavy atom. The minimum absolute atomic E-state index is 0.424. The number of rotatable bonds is 14. The average molecular weight is 664 g/mol. The Kier molecular flexibility index (Phi) is 11.2. The van der Waals surface area contributed by atoms with E-state index in [9.17, 15) is 0 Å². The smallest absolute Gasteiger partial charge is 0.251 e. The summed E-state index contributed by atoms with van der Waals surface area (Å²) >= 11 is 5.75. The van der Waals surface area contributed by atoms with Crippen LogP contribution in [0.1, 0.15) is 0 Å². The fourth-order valence-electron chi connectivity index (χ4n) is 3.79. The molecule has 0 aliphatic heterocycles. The molecule has 4 aromatic carbocycles. The molecule has 0 aliphatic rings. The summed E-state index contributed by atoms with van der Waals surface area (Å²) in [6, 6.07) is 31.2. The van der Waals surface area contributed by atoms with Crippen molar-refractivity contribution < 1.29 is 18.9 Å². The molecule has 0 unspecified atom stereocenters. The molecule has 0 bridgehead atoms. The highest BCUT2D eigenvalue weighted by atomic mass is 32.2. The monoisotopic (exact) mass is 663 g/mol. The van der Waals surface area contributed by atoms with E-state index in [4.69, 9.17) is 23.9 Å². The van der Waals surface area contributed by atoms with Crippen LogP contribution in [0.5, 0.6) is 23.0 Å². The molecule has 5 rings (SSSR count). The Morgan fingerprint density at radius 1 is 0.432 bits per heavy atom. The number of hydrogen-bond donors (Lipinski definition) is 0. The van der Waals surface area contributed by atoms with Crippen LogP contribution in [-0.2, 0) is 0 Å². The molecule has 0 saturated heterocycles. The van der Waals surface area contributed by atoms with Gasteiger partial charge in [-0.15, -0.1) is 0 Å². The molecule has 0 amide bonds. The van der Waals surface area contributed by atoms with Gasteiger partial charge in [0.1, 0.15) is 29.3 Å². The van der Waals surface area contributed by atoms with Crippen molar-refractivity contribution in [1.82, 2.24) is 15.0 Å². The molecular formula is C31H29N5O4S4. The lowest BCUT2D eigenvalue weighted by molar-refractivity contribution is 0.404. The molecule has 1 heterocycles. The molecular weight excluding hydrogens is 635 g/mol. The van der Waals surface area contributed by atoms with Gasteiger partial charge in [-0.3, -0.25) is 0 Å². The summed E-state index contributed by atoms with van der Waals surface area (Å²) in [7, 11) is 6.61. The zero-order valence-electron chi connectivity index (χ0n) is 24.3. The number of para-hydroxylation sites is 4. The Hall–Kier alpha value is -3.91. The van der Waals surface area contributed by atoms with E-state index in [-0.39, 0.29) is 0 Å². The topological polar surface area (TPSA) is 82.1 Å². The summed E-state index contributed by atoms with van der Waals surface area (Å²) in [6.07, 6.45) is 1.51. The largest absolute Gasteiger partial charge is 0.496 e. The molecule has 44 heavy (non-hydrogen) atoms. The molecule has 0 saturated carbocycles. The number of methoxy groups -OCH3 is 4. The molecule has 0 N–H and O–H groups in total. The zero-order valence-corrected chi connectivity index (χ0v) is 27.6. The fourth-order valence-corrected chi connectivity index (χ4v) is 7.97. The fraction of sp³-hybridized carbons (Fsp3) is 0.129. The van der Waals surface area contributed by atoms with Crippen LogP contribution < -0.4 is 26.4 Å². The van der Waals surface area contributed by atoms with E-state index in [1.165, 1.54) is 54.1 Å². The first-order valence-electron chi connectivity index (χ1n) is 13.2. The Bertz CT molecular complexity index is 1460. The molecule has 13 heteroatoms.